The summed E-state index contributed by atoms with van der Waals surface area (Å²) in [5.41, 5.74) is 6.29. The second kappa shape index (κ2) is 8.40. The number of ether oxygens (including phenoxy) is 2. The summed E-state index contributed by atoms with van der Waals surface area (Å²) in [5.74, 6) is -0.749. The molecule has 0 aromatic heterocycles. The summed E-state index contributed by atoms with van der Waals surface area (Å²) < 4.78 is 10.6. The largest absolute Gasteiger partial charge is 0.497 e. The Balaban J connectivity index is 1.78. The minimum atomic E-state index is -0.696. The first-order valence-corrected chi connectivity index (χ1v) is 9.14. The maximum Gasteiger partial charge on any atom is 0.250 e. The summed E-state index contributed by atoms with van der Waals surface area (Å²) in [4.78, 5) is 38.2. The standard InChI is InChI=1S/C20H20ClN3O5/c1-28-13-4-6-17(29-2)16(9-13)24-10-11(7-18(24)25)20(27)23-12-3-5-15(21)14(8-12)19(22)26/h3-6,8-9,11H,7,10H2,1-2H3,(H2,22,26)(H,23,27). The summed E-state index contributed by atoms with van der Waals surface area (Å²) in [5, 5.41) is 2.91. The highest BCUT2D eigenvalue weighted by Gasteiger charge is 2.36. The van der Waals surface area contributed by atoms with E-state index < -0.39 is 11.8 Å². The molecule has 0 spiro atoms. The molecule has 0 bridgehead atoms. The molecule has 2 aromatic carbocycles. The summed E-state index contributed by atoms with van der Waals surface area (Å²) in [6.07, 6.45) is 0.0441. The van der Waals surface area contributed by atoms with Crippen molar-refractivity contribution in [2.24, 2.45) is 11.7 Å². The maximum absolute atomic E-state index is 12.7. The van der Waals surface area contributed by atoms with Crippen molar-refractivity contribution in [3.63, 3.8) is 0 Å². The van der Waals surface area contributed by atoms with Gasteiger partial charge in [-0.05, 0) is 30.3 Å². The minimum absolute atomic E-state index is 0.0441. The molecule has 8 nitrogen and oxygen atoms in total. The van der Waals surface area contributed by atoms with E-state index in [9.17, 15) is 14.4 Å². The number of nitrogens with zero attached hydrogens (tertiary/aromatic N) is 1. The van der Waals surface area contributed by atoms with Crippen LogP contribution in [0.5, 0.6) is 11.5 Å². The summed E-state index contributed by atoms with van der Waals surface area (Å²) >= 11 is 5.93. The molecule has 1 atom stereocenters. The van der Waals surface area contributed by atoms with Gasteiger partial charge in [-0.25, -0.2) is 0 Å². The van der Waals surface area contributed by atoms with E-state index in [1.807, 2.05) is 0 Å². The van der Waals surface area contributed by atoms with Crippen molar-refractivity contribution in [3.8, 4) is 11.5 Å². The maximum atomic E-state index is 12.7. The number of methoxy groups -OCH3 is 2. The van der Waals surface area contributed by atoms with Crippen LogP contribution < -0.4 is 25.4 Å². The van der Waals surface area contributed by atoms with E-state index in [4.69, 9.17) is 26.8 Å². The summed E-state index contributed by atoms with van der Waals surface area (Å²) in [6, 6.07) is 9.56. The third-order valence-electron chi connectivity index (χ3n) is 4.67. The van der Waals surface area contributed by atoms with Gasteiger partial charge in [0.05, 0.1) is 36.4 Å². The number of carbonyl (C=O) groups excluding carboxylic acids is 3. The Labute approximate surface area is 172 Å². The molecule has 0 saturated carbocycles. The van der Waals surface area contributed by atoms with Crippen LogP contribution in [0.25, 0.3) is 0 Å². The number of amides is 3. The first-order valence-electron chi connectivity index (χ1n) is 8.76. The van der Waals surface area contributed by atoms with Gasteiger partial charge in [0.1, 0.15) is 11.5 Å². The third-order valence-corrected chi connectivity index (χ3v) is 5.00. The first kappa shape index (κ1) is 20.5. The molecule has 1 unspecified atom stereocenters. The Bertz CT molecular complexity index is 979. The molecule has 2 aromatic rings. The number of benzene rings is 2. The molecule has 3 amide bonds. The average Bonchev–Trinajstić information content (AvgIpc) is 3.10. The van der Waals surface area contributed by atoms with Gasteiger partial charge in [0.2, 0.25) is 17.7 Å². The number of nitrogens with one attached hydrogen (secondary N) is 1. The minimum Gasteiger partial charge on any atom is -0.497 e. The second-order valence-electron chi connectivity index (χ2n) is 6.49. The highest BCUT2D eigenvalue weighted by Crippen LogP contribution is 2.36. The second-order valence-corrected chi connectivity index (χ2v) is 6.90. The topological polar surface area (TPSA) is 111 Å². The lowest BCUT2D eigenvalue weighted by atomic mass is 10.1. The molecule has 152 valence electrons. The quantitative estimate of drug-likeness (QED) is 0.749. The number of primary amides is 1. The molecule has 0 radical (unpaired) electrons. The van der Waals surface area contributed by atoms with Crippen LogP contribution in [0.3, 0.4) is 0 Å². The molecule has 29 heavy (non-hydrogen) atoms. The van der Waals surface area contributed by atoms with Gasteiger partial charge in [-0.1, -0.05) is 11.6 Å². The van der Waals surface area contributed by atoms with Crippen molar-refractivity contribution in [3.05, 3.63) is 47.0 Å². The van der Waals surface area contributed by atoms with Crippen molar-refractivity contribution < 1.29 is 23.9 Å². The summed E-state index contributed by atoms with van der Waals surface area (Å²) in [7, 11) is 3.03. The smallest absolute Gasteiger partial charge is 0.250 e. The average molecular weight is 418 g/mol. The van der Waals surface area contributed by atoms with Crippen molar-refractivity contribution in [1.29, 1.82) is 0 Å². The Morgan fingerprint density at radius 1 is 1.17 bits per heavy atom. The van der Waals surface area contributed by atoms with Gasteiger partial charge < -0.3 is 25.4 Å². The molecule has 3 rings (SSSR count). The molecular formula is C20H20ClN3O5. The third kappa shape index (κ3) is 4.27. The normalized spacial score (nSPS) is 15.9. The van der Waals surface area contributed by atoms with Crippen molar-refractivity contribution in [1.82, 2.24) is 0 Å². The van der Waals surface area contributed by atoms with Gasteiger partial charge in [0, 0.05) is 24.7 Å². The van der Waals surface area contributed by atoms with Crippen LogP contribution in [-0.2, 0) is 9.59 Å². The predicted molar refractivity (Wildman–Crippen MR) is 109 cm³/mol. The van der Waals surface area contributed by atoms with Crippen molar-refractivity contribution >= 4 is 40.7 Å². The Kier molecular flexibility index (Phi) is 5.93. The number of nitrogens with two attached hydrogens (primary N) is 1. The van der Waals surface area contributed by atoms with E-state index in [1.165, 1.54) is 31.3 Å². The molecule has 1 fully saturated rings. The lowest BCUT2D eigenvalue weighted by Gasteiger charge is -2.20. The first-order chi connectivity index (χ1) is 13.8. The van der Waals surface area contributed by atoms with Crippen LogP contribution >= 0.6 is 11.6 Å². The zero-order valence-corrected chi connectivity index (χ0v) is 16.7. The fourth-order valence-corrected chi connectivity index (χ4v) is 3.37. The molecule has 1 saturated heterocycles. The molecule has 1 heterocycles. The molecule has 1 aliphatic heterocycles. The fraction of sp³-hybridized carbons (Fsp3) is 0.250. The van der Waals surface area contributed by atoms with Gasteiger partial charge in [-0.15, -0.1) is 0 Å². The van der Waals surface area contributed by atoms with Gasteiger partial charge in [0.25, 0.3) is 0 Å². The fourth-order valence-electron chi connectivity index (χ4n) is 3.16. The van der Waals surface area contributed by atoms with E-state index in [-0.39, 0.29) is 35.4 Å². The number of halogens is 1. The van der Waals surface area contributed by atoms with Crippen LogP contribution in [0.15, 0.2) is 36.4 Å². The SMILES string of the molecule is COc1ccc(OC)c(N2CC(C(=O)Nc3ccc(Cl)c(C(N)=O)c3)CC2=O)c1. The van der Waals surface area contributed by atoms with Crippen LogP contribution in [0.1, 0.15) is 16.8 Å². The molecular weight excluding hydrogens is 398 g/mol. The Morgan fingerprint density at radius 3 is 2.59 bits per heavy atom. The van der Waals surface area contributed by atoms with Crippen molar-refractivity contribution in [2.75, 3.05) is 31.0 Å². The van der Waals surface area contributed by atoms with Gasteiger partial charge in [-0.2, -0.15) is 0 Å². The number of hydrogen-bond acceptors (Lipinski definition) is 5. The van der Waals surface area contributed by atoms with Crippen LogP contribution in [-0.4, -0.2) is 38.5 Å². The van der Waals surface area contributed by atoms with Crippen LogP contribution in [0, 0.1) is 5.92 Å². The van der Waals surface area contributed by atoms with E-state index in [0.717, 1.165) is 0 Å². The Morgan fingerprint density at radius 2 is 1.93 bits per heavy atom. The van der Waals surface area contributed by atoms with E-state index in [1.54, 1.807) is 24.3 Å². The molecule has 1 aliphatic rings. The number of hydrogen-bond donors (Lipinski definition) is 2. The van der Waals surface area contributed by atoms with Crippen LogP contribution in [0.4, 0.5) is 11.4 Å². The molecule has 9 heteroatoms. The Hall–Kier alpha value is -3.26. The zero-order valence-electron chi connectivity index (χ0n) is 15.9. The van der Waals surface area contributed by atoms with Crippen molar-refractivity contribution in [2.45, 2.75) is 6.42 Å². The predicted octanol–water partition coefficient (Wildman–Crippen LogP) is 2.45. The number of rotatable bonds is 6. The molecule has 0 aliphatic carbocycles. The highest BCUT2D eigenvalue weighted by molar-refractivity contribution is 6.34. The lowest BCUT2D eigenvalue weighted by molar-refractivity contribution is -0.122. The van der Waals surface area contributed by atoms with Gasteiger partial charge in [-0.3, -0.25) is 14.4 Å². The highest BCUT2D eigenvalue weighted by atomic mass is 35.5. The van der Waals surface area contributed by atoms with E-state index >= 15 is 0 Å². The lowest BCUT2D eigenvalue weighted by Crippen LogP contribution is -2.28. The number of anilines is 2. The number of carbonyl (C=O) groups is 3. The van der Waals surface area contributed by atoms with Gasteiger partial charge >= 0.3 is 0 Å². The zero-order chi connectivity index (χ0) is 21.1. The van der Waals surface area contributed by atoms with Crippen LogP contribution in [0.2, 0.25) is 5.02 Å². The van der Waals surface area contributed by atoms with E-state index in [0.29, 0.717) is 22.9 Å². The summed E-state index contributed by atoms with van der Waals surface area (Å²) in [6.45, 7) is 0.185. The monoisotopic (exact) mass is 417 g/mol. The van der Waals surface area contributed by atoms with Gasteiger partial charge in [0.15, 0.2) is 0 Å². The van der Waals surface area contributed by atoms with E-state index in [2.05, 4.69) is 5.32 Å². The molecule has 3 N–H and O–H groups in total.